The van der Waals surface area contributed by atoms with Crippen LogP contribution in [-0.2, 0) is 0 Å². The van der Waals surface area contributed by atoms with Gasteiger partial charge in [-0.05, 0) is 67.4 Å². The van der Waals surface area contributed by atoms with Gasteiger partial charge in [-0.2, -0.15) is 0 Å². The molecule has 0 amide bonds. The topological polar surface area (TPSA) is 54.8 Å². The van der Waals surface area contributed by atoms with Crippen LogP contribution in [0.5, 0.6) is 0 Å². The summed E-state index contributed by atoms with van der Waals surface area (Å²) >= 11 is 3.58. The van der Waals surface area contributed by atoms with Crippen molar-refractivity contribution in [3.63, 3.8) is 0 Å². The van der Waals surface area contributed by atoms with Crippen molar-refractivity contribution in [3.8, 4) is 22.5 Å². The Morgan fingerprint density at radius 2 is 1.39 bits per heavy atom. The van der Waals surface area contributed by atoms with Crippen LogP contribution in [0.4, 0.5) is 17.6 Å². The fourth-order valence-electron chi connectivity index (χ4n) is 5.77. The molecule has 4 aromatic heterocycles. The number of nitrogens with zero attached hydrogens (tertiary/aromatic N) is 5. The largest absolute Gasteiger partial charge is 0.247 e. The number of aryl methyl sites for hydroxylation is 3. The number of aromatic nitrogens is 4. The molecular formula is C37H27N5S2. The van der Waals surface area contributed by atoms with Crippen LogP contribution in [0.2, 0.25) is 0 Å². The Balaban J connectivity index is 1.43. The lowest BCUT2D eigenvalue weighted by Crippen LogP contribution is -2.17. The molecule has 0 N–H and O–H groups in total. The summed E-state index contributed by atoms with van der Waals surface area (Å²) in [5.41, 5.74) is 6.94. The maximum atomic E-state index is 5.40. The van der Waals surface area contributed by atoms with E-state index in [9.17, 15) is 0 Å². The number of fused-ring (bicyclic) bond motifs is 4. The highest BCUT2D eigenvalue weighted by atomic mass is 32.1. The number of para-hydroxylation sites is 1. The van der Waals surface area contributed by atoms with E-state index in [1.165, 1.54) is 36.2 Å². The zero-order chi connectivity index (χ0) is 29.8. The van der Waals surface area contributed by atoms with Crippen molar-refractivity contribution in [3.05, 3.63) is 125 Å². The average molecular weight is 606 g/mol. The quantitative estimate of drug-likeness (QED) is 0.195. The molecule has 7 heteroatoms. The number of hydrogen-bond donors (Lipinski definition) is 0. The zero-order valence-electron chi connectivity index (χ0n) is 24.4. The van der Waals surface area contributed by atoms with Crippen LogP contribution in [0.15, 0.2) is 109 Å². The molecule has 0 atom stereocenters. The van der Waals surface area contributed by atoms with Gasteiger partial charge in [0, 0.05) is 37.2 Å². The van der Waals surface area contributed by atoms with Gasteiger partial charge in [0.15, 0.2) is 0 Å². The second kappa shape index (κ2) is 10.6. The van der Waals surface area contributed by atoms with Crippen LogP contribution in [0, 0.1) is 20.8 Å². The monoisotopic (exact) mass is 605 g/mol. The number of thiophene rings is 2. The van der Waals surface area contributed by atoms with Gasteiger partial charge in [-0.25, -0.2) is 24.8 Å². The number of rotatable bonds is 5. The molecule has 0 saturated carbocycles. The van der Waals surface area contributed by atoms with Crippen LogP contribution < -0.4 is 4.90 Å². The minimum Gasteiger partial charge on any atom is -0.247 e. The van der Waals surface area contributed by atoms with Gasteiger partial charge in [-0.1, -0.05) is 72.8 Å². The lowest BCUT2D eigenvalue weighted by Gasteiger charge is -2.22. The van der Waals surface area contributed by atoms with E-state index in [0.29, 0.717) is 11.9 Å². The minimum absolute atomic E-state index is 0.517. The van der Waals surface area contributed by atoms with Crippen molar-refractivity contribution in [1.82, 2.24) is 19.9 Å². The Kier molecular flexibility index (Phi) is 6.43. The van der Waals surface area contributed by atoms with Crippen molar-refractivity contribution in [2.45, 2.75) is 20.8 Å². The van der Waals surface area contributed by atoms with E-state index < -0.39 is 0 Å². The molecule has 0 saturated heterocycles. The molecule has 5 nitrogen and oxygen atoms in total. The number of hydrogen-bond acceptors (Lipinski definition) is 7. The molecule has 44 heavy (non-hydrogen) atoms. The van der Waals surface area contributed by atoms with Crippen LogP contribution in [0.1, 0.15) is 15.3 Å². The van der Waals surface area contributed by atoms with Crippen LogP contribution in [0.3, 0.4) is 0 Å². The summed E-state index contributed by atoms with van der Waals surface area (Å²) in [6.45, 7) is 6.50. The van der Waals surface area contributed by atoms with Crippen molar-refractivity contribution in [2.75, 3.05) is 4.90 Å². The molecule has 8 rings (SSSR count). The highest BCUT2D eigenvalue weighted by molar-refractivity contribution is 7.20. The van der Waals surface area contributed by atoms with Crippen molar-refractivity contribution in [1.29, 1.82) is 0 Å². The van der Waals surface area contributed by atoms with Gasteiger partial charge in [0.2, 0.25) is 11.9 Å². The van der Waals surface area contributed by atoms with E-state index in [0.717, 1.165) is 38.4 Å². The first kappa shape index (κ1) is 26.6. The first-order valence-corrected chi connectivity index (χ1v) is 16.1. The molecule has 4 heterocycles. The Labute approximate surface area is 263 Å². The van der Waals surface area contributed by atoms with Gasteiger partial charge in [-0.15, -0.1) is 22.7 Å². The number of anilines is 3. The van der Waals surface area contributed by atoms with E-state index in [1.807, 2.05) is 70.8 Å². The van der Waals surface area contributed by atoms with Crippen molar-refractivity contribution in [2.24, 2.45) is 0 Å². The molecule has 212 valence electrons. The zero-order valence-corrected chi connectivity index (χ0v) is 26.1. The lowest BCUT2D eigenvalue weighted by atomic mass is 10.0. The molecular weight excluding hydrogens is 579 g/mol. The molecule has 0 aliphatic rings. The molecule has 8 aromatic rings. The molecule has 0 unspecified atom stereocenters. The van der Waals surface area contributed by atoms with Gasteiger partial charge < -0.3 is 0 Å². The molecule has 4 aromatic carbocycles. The highest BCUT2D eigenvalue weighted by Gasteiger charge is 2.25. The molecule has 0 aliphatic heterocycles. The third-order valence-corrected chi connectivity index (χ3v) is 10.3. The summed E-state index contributed by atoms with van der Waals surface area (Å²) in [7, 11) is 0. The van der Waals surface area contributed by atoms with E-state index >= 15 is 0 Å². The number of benzene rings is 4. The second-order valence-electron chi connectivity index (χ2n) is 10.9. The summed E-state index contributed by atoms with van der Waals surface area (Å²) in [6.07, 6.45) is 1.81. The summed E-state index contributed by atoms with van der Waals surface area (Å²) in [5.74, 6) is 1.06. The predicted molar refractivity (Wildman–Crippen MR) is 186 cm³/mol. The third-order valence-electron chi connectivity index (χ3n) is 8.02. The first-order valence-electron chi connectivity index (χ1n) is 14.5. The first-order chi connectivity index (χ1) is 21.5. The van der Waals surface area contributed by atoms with Crippen molar-refractivity contribution >= 4 is 71.3 Å². The maximum absolute atomic E-state index is 5.40. The predicted octanol–water partition coefficient (Wildman–Crippen LogP) is 10.6. The molecule has 0 fully saturated rings. The Morgan fingerprint density at radius 3 is 2.20 bits per heavy atom. The summed E-state index contributed by atoms with van der Waals surface area (Å²) in [4.78, 5) is 24.9. The van der Waals surface area contributed by atoms with Crippen LogP contribution in [-0.4, -0.2) is 19.9 Å². The van der Waals surface area contributed by atoms with Gasteiger partial charge >= 0.3 is 0 Å². The van der Waals surface area contributed by atoms with Gasteiger partial charge in [-0.3, -0.25) is 0 Å². The standard InChI is InChI=1S/C37H27N5S2/c1-22-20-29-28-17-11-10-14-26(28)21-30(34(29)43-22)33-35-32(23(2)24(3)44-35)40-37(41-33)42(27-15-8-5-9-16-27)36-38-19-18-31(39-36)25-12-6-4-7-13-25/h4-21H,1-3H3. The van der Waals surface area contributed by atoms with Gasteiger partial charge in [0.1, 0.15) is 0 Å². The van der Waals surface area contributed by atoms with E-state index in [2.05, 4.69) is 69.3 Å². The van der Waals surface area contributed by atoms with Crippen molar-refractivity contribution < 1.29 is 0 Å². The Bertz CT molecular complexity index is 2320. The Hall–Kier alpha value is -4.98. The molecule has 0 radical (unpaired) electrons. The third kappa shape index (κ3) is 4.44. The maximum Gasteiger partial charge on any atom is 0.238 e. The van der Waals surface area contributed by atoms with E-state index in [-0.39, 0.29) is 0 Å². The van der Waals surface area contributed by atoms with Gasteiger partial charge in [0.25, 0.3) is 0 Å². The van der Waals surface area contributed by atoms with Crippen LogP contribution >= 0.6 is 22.7 Å². The van der Waals surface area contributed by atoms with Crippen LogP contribution in [0.25, 0.3) is 53.6 Å². The highest BCUT2D eigenvalue weighted by Crippen LogP contribution is 2.45. The Morgan fingerprint density at radius 1 is 0.636 bits per heavy atom. The van der Waals surface area contributed by atoms with E-state index in [4.69, 9.17) is 19.9 Å². The summed E-state index contributed by atoms with van der Waals surface area (Å²) in [6, 6.07) is 35.5. The SMILES string of the molecule is Cc1cc2c(s1)c(-c1nc(N(c3ccccc3)c3nccc(-c4ccccc4)n3)nc3c(C)c(C)sc13)cc1ccccc12. The average Bonchev–Trinajstić information content (AvgIpc) is 3.60. The summed E-state index contributed by atoms with van der Waals surface area (Å²) in [5, 5.41) is 3.72. The molecule has 0 spiro atoms. The smallest absolute Gasteiger partial charge is 0.238 e. The fraction of sp³-hybridized carbons (Fsp3) is 0.0811. The lowest BCUT2D eigenvalue weighted by molar-refractivity contribution is 1.03. The minimum atomic E-state index is 0.517. The molecule has 0 aliphatic carbocycles. The van der Waals surface area contributed by atoms with E-state index in [1.54, 1.807) is 17.5 Å². The summed E-state index contributed by atoms with van der Waals surface area (Å²) < 4.78 is 2.34. The second-order valence-corrected chi connectivity index (χ2v) is 13.3. The fourth-order valence-corrected chi connectivity index (χ4v) is 7.92. The molecule has 0 bridgehead atoms. The van der Waals surface area contributed by atoms with Gasteiger partial charge in [0.05, 0.1) is 27.3 Å². The normalized spacial score (nSPS) is 11.5.